The van der Waals surface area contributed by atoms with Gasteiger partial charge in [0.05, 0.1) is 24.1 Å². The summed E-state index contributed by atoms with van der Waals surface area (Å²) >= 11 is 0. The summed E-state index contributed by atoms with van der Waals surface area (Å²) < 4.78 is 5.52. The number of carboxylic acid groups (broad SMARTS) is 1. The van der Waals surface area contributed by atoms with Crippen molar-refractivity contribution in [1.82, 2.24) is 0 Å². The van der Waals surface area contributed by atoms with E-state index in [-0.39, 0.29) is 5.91 Å². The maximum absolute atomic E-state index is 12.7. The molecular formula is C15H17NO4. The predicted molar refractivity (Wildman–Crippen MR) is 72.7 cm³/mol. The molecule has 1 N–H and O–H groups in total. The molecule has 1 saturated carbocycles. The number of benzene rings is 1. The number of amides is 1. The van der Waals surface area contributed by atoms with E-state index in [4.69, 9.17) is 4.74 Å². The number of nitrogens with zero attached hydrogens (tertiary/aromatic N) is 1. The highest BCUT2D eigenvalue weighted by molar-refractivity contribution is 6.02. The smallest absolute Gasteiger partial charge is 0.307 e. The summed E-state index contributed by atoms with van der Waals surface area (Å²) in [6.45, 7) is 4.57. The van der Waals surface area contributed by atoms with Gasteiger partial charge in [0.2, 0.25) is 5.91 Å². The number of carbonyl (C=O) groups excluding carboxylic acids is 1. The number of hydrogen-bond donors (Lipinski definition) is 1. The molecule has 0 radical (unpaired) electrons. The molecule has 0 bridgehead atoms. The quantitative estimate of drug-likeness (QED) is 0.893. The van der Waals surface area contributed by atoms with E-state index in [0.29, 0.717) is 18.9 Å². The molecule has 0 saturated heterocycles. The Kier molecular flexibility index (Phi) is 2.74. The van der Waals surface area contributed by atoms with Gasteiger partial charge in [-0.15, -0.1) is 0 Å². The number of fused-ring (bicyclic) bond motifs is 1. The first-order valence-electron chi connectivity index (χ1n) is 6.70. The van der Waals surface area contributed by atoms with Crippen molar-refractivity contribution in [3.63, 3.8) is 0 Å². The third-order valence-corrected chi connectivity index (χ3v) is 4.35. The number of carboxylic acids is 1. The average Bonchev–Trinajstić information content (AvgIpc) is 3.00. The van der Waals surface area contributed by atoms with Gasteiger partial charge in [-0.1, -0.05) is 26.0 Å². The van der Waals surface area contributed by atoms with Crippen LogP contribution >= 0.6 is 0 Å². The number of anilines is 1. The number of hydrogen-bond acceptors (Lipinski definition) is 3. The molecule has 1 aliphatic heterocycles. The van der Waals surface area contributed by atoms with Gasteiger partial charge in [0.15, 0.2) is 0 Å². The highest BCUT2D eigenvalue weighted by Crippen LogP contribution is 2.59. The van der Waals surface area contributed by atoms with Gasteiger partial charge in [-0.25, -0.2) is 0 Å². The maximum atomic E-state index is 12.7. The van der Waals surface area contributed by atoms with E-state index in [1.165, 1.54) is 0 Å². The molecule has 1 aliphatic carbocycles. The molecule has 2 atom stereocenters. The molecule has 5 nitrogen and oxygen atoms in total. The van der Waals surface area contributed by atoms with Gasteiger partial charge >= 0.3 is 5.97 Å². The van der Waals surface area contributed by atoms with Crippen LogP contribution in [0.1, 0.15) is 13.8 Å². The van der Waals surface area contributed by atoms with Crippen molar-refractivity contribution in [3.05, 3.63) is 24.3 Å². The second kappa shape index (κ2) is 4.23. The Bertz CT molecular complexity index is 581. The molecule has 3 rings (SSSR count). The van der Waals surface area contributed by atoms with Crippen LogP contribution in [-0.4, -0.2) is 30.1 Å². The van der Waals surface area contributed by atoms with Crippen LogP contribution in [0, 0.1) is 17.3 Å². The predicted octanol–water partition coefficient (Wildman–Crippen LogP) is 1.77. The first kappa shape index (κ1) is 13.0. The second-order valence-corrected chi connectivity index (χ2v) is 5.92. The van der Waals surface area contributed by atoms with E-state index in [0.717, 1.165) is 5.69 Å². The van der Waals surface area contributed by atoms with Crippen molar-refractivity contribution in [3.8, 4) is 5.75 Å². The first-order chi connectivity index (χ1) is 9.44. The summed E-state index contributed by atoms with van der Waals surface area (Å²) in [7, 11) is 0. The Balaban J connectivity index is 1.89. The van der Waals surface area contributed by atoms with Crippen LogP contribution < -0.4 is 9.64 Å². The maximum Gasteiger partial charge on any atom is 0.307 e. The summed E-state index contributed by atoms with van der Waals surface area (Å²) in [5.74, 6) is -1.37. The van der Waals surface area contributed by atoms with E-state index in [1.54, 1.807) is 4.90 Å². The topological polar surface area (TPSA) is 66.8 Å². The summed E-state index contributed by atoms with van der Waals surface area (Å²) in [5, 5.41) is 9.21. The van der Waals surface area contributed by atoms with E-state index < -0.39 is 23.2 Å². The van der Waals surface area contributed by atoms with Crippen LogP contribution in [0.25, 0.3) is 0 Å². The van der Waals surface area contributed by atoms with E-state index >= 15 is 0 Å². The second-order valence-electron chi connectivity index (χ2n) is 5.92. The van der Waals surface area contributed by atoms with E-state index in [1.807, 2.05) is 38.1 Å². The van der Waals surface area contributed by atoms with Gasteiger partial charge in [-0.3, -0.25) is 9.59 Å². The fourth-order valence-electron chi connectivity index (χ4n) is 3.13. The van der Waals surface area contributed by atoms with E-state index in [2.05, 4.69) is 0 Å². The lowest BCUT2D eigenvalue weighted by Gasteiger charge is -2.30. The van der Waals surface area contributed by atoms with Crippen LogP contribution in [0.15, 0.2) is 24.3 Å². The van der Waals surface area contributed by atoms with Gasteiger partial charge < -0.3 is 14.7 Å². The lowest BCUT2D eigenvalue weighted by molar-refractivity contribution is -0.140. The lowest BCUT2D eigenvalue weighted by atomic mass is 10.1. The van der Waals surface area contributed by atoms with Gasteiger partial charge in [-0.2, -0.15) is 0 Å². The van der Waals surface area contributed by atoms with Gasteiger partial charge in [-0.05, 0) is 17.5 Å². The molecule has 0 unspecified atom stereocenters. The number of ether oxygens (including phenoxy) is 1. The van der Waals surface area contributed by atoms with Crippen molar-refractivity contribution in [1.29, 1.82) is 0 Å². The van der Waals surface area contributed by atoms with Crippen molar-refractivity contribution in [2.45, 2.75) is 13.8 Å². The first-order valence-corrected chi connectivity index (χ1v) is 6.70. The van der Waals surface area contributed by atoms with Crippen LogP contribution in [0.2, 0.25) is 0 Å². The molecule has 1 fully saturated rings. The van der Waals surface area contributed by atoms with Gasteiger partial charge in [0, 0.05) is 0 Å². The number of carbonyl (C=O) groups is 2. The third-order valence-electron chi connectivity index (χ3n) is 4.35. The monoisotopic (exact) mass is 275 g/mol. The number of aliphatic carboxylic acids is 1. The van der Waals surface area contributed by atoms with Crippen molar-refractivity contribution in [2.24, 2.45) is 17.3 Å². The van der Waals surface area contributed by atoms with Crippen molar-refractivity contribution >= 4 is 17.6 Å². The molecule has 0 spiro atoms. The van der Waals surface area contributed by atoms with Crippen LogP contribution in [0.3, 0.4) is 0 Å². The Morgan fingerprint density at radius 1 is 1.30 bits per heavy atom. The zero-order valence-corrected chi connectivity index (χ0v) is 11.5. The highest BCUT2D eigenvalue weighted by Gasteiger charge is 2.66. The Morgan fingerprint density at radius 2 is 2.00 bits per heavy atom. The number of rotatable bonds is 2. The molecule has 106 valence electrons. The summed E-state index contributed by atoms with van der Waals surface area (Å²) in [6, 6.07) is 7.35. The lowest BCUT2D eigenvalue weighted by Crippen LogP contribution is -2.39. The van der Waals surface area contributed by atoms with Crippen LogP contribution in [-0.2, 0) is 9.59 Å². The standard InChI is InChI=1S/C15H17NO4/c1-15(2)11(12(15)14(18)19)13(17)16-7-8-20-10-6-4-3-5-9(10)16/h3-6,11-12H,7-8H2,1-2H3,(H,18,19)/t11-,12+/m1/s1. The van der Waals surface area contributed by atoms with Crippen molar-refractivity contribution in [2.75, 3.05) is 18.1 Å². The average molecular weight is 275 g/mol. The molecule has 1 heterocycles. The summed E-state index contributed by atoms with van der Waals surface area (Å²) in [5.41, 5.74) is 0.256. The zero-order valence-electron chi connectivity index (χ0n) is 11.5. The molecule has 0 aromatic heterocycles. The fourth-order valence-corrected chi connectivity index (χ4v) is 3.13. The summed E-state index contributed by atoms with van der Waals surface area (Å²) in [6.07, 6.45) is 0. The Hall–Kier alpha value is -2.04. The SMILES string of the molecule is CC1(C)[C@H](C(=O)O)[C@@H]1C(=O)N1CCOc2ccccc21. The molecule has 5 heteroatoms. The van der Waals surface area contributed by atoms with Gasteiger partial charge in [0.1, 0.15) is 12.4 Å². The molecule has 20 heavy (non-hydrogen) atoms. The van der Waals surface area contributed by atoms with Crippen LogP contribution in [0.4, 0.5) is 5.69 Å². The van der Waals surface area contributed by atoms with Gasteiger partial charge in [0.25, 0.3) is 0 Å². The minimum Gasteiger partial charge on any atom is -0.490 e. The van der Waals surface area contributed by atoms with Crippen molar-refractivity contribution < 1.29 is 19.4 Å². The van der Waals surface area contributed by atoms with E-state index in [9.17, 15) is 14.7 Å². The fraction of sp³-hybridized carbons (Fsp3) is 0.467. The third kappa shape index (κ3) is 1.77. The van der Waals surface area contributed by atoms with Crippen LogP contribution in [0.5, 0.6) is 5.75 Å². The summed E-state index contributed by atoms with van der Waals surface area (Å²) in [4.78, 5) is 25.5. The zero-order chi connectivity index (χ0) is 14.5. The molecule has 1 aromatic rings. The molecule has 1 amide bonds. The molecular weight excluding hydrogens is 258 g/mol. The molecule has 2 aliphatic rings. The Morgan fingerprint density at radius 3 is 2.65 bits per heavy atom. The number of para-hydroxylation sites is 2. The highest BCUT2D eigenvalue weighted by atomic mass is 16.5. The minimum absolute atomic E-state index is 0.113. The minimum atomic E-state index is -0.894. The normalized spacial score (nSPS) is 26.4. The molecule has 1 aromatic carbocycles. The largest absolute Gasteiger partial charge is 0.490 e. The Labute approximate surface area is 117 Å².